The summed E-state index contributed by atoms with van der Waals surface area (Å²) >= 11 is 5.63. The van der Waals surface area contributed by atoms with E-state index in [-0.39, 0.29) is 6.61 Å². The van der Waals surface area contributed by atoms with Crippen molar-refractivity contribution in [2.45, 2.75) is 6.61 Å². The van der Waals surface area contributed by atoms with E-state index in [4.69, 9.17) is 21.1 Å². The Kier molecular flexibility index (Phi) is 3.56. The van der Waals surface area contributed by atoms with Gasteiger partial charge in [-0.05, 0) is 18.2 Å². The maximum Gasteiger partial charge on any atom is 0.218 e. The van der Waals surface area contributed by atoms with Gasteiger partial charge in [0, 0.05) is 16.7 Å². The topological polar surface area (TPSA) is 46.3 Å². The van der Waals surface area contributed by atoms with E-state index in [1.165, 1.54) is 24.5 Å². The highest BCUT2D eigenvalue weighted by molar-refractivity contribution is 6.30. The zero-order chi connectivity index (χ0) is 12.3. The monoisotopic (exact) mass is 253 g/mol. The van der Waals surface area contributed by atoms with E-state index in [0.29, 0.717) is 22.2 Å². The molecule has 2 rings (SSSR count). The molecule has 88 valence electrons. The molecule has 0 aliphatic carbocycles. The molecule has 5 heteroatoms. The third-order valence-electron chi connectivity index (χ3n) is 2.10. The summed E-state index contributed by atoms with van der Waals surface area (Å²) in [6.45, 7) is -0.188. The molecule has 0 aliphatic heterocycles. The van der Waals surface area contributed by atoms with Crippen LogP contribution in [0.2, 0.25) is 5.02 Å². The molecule has 0 radical (unpaired) electrons. The summed E-state index contributed by atoms with van der Waals surface area (Å²) in [5.41, 5.74) is 0.819. The molecule has 2 aromatic rings. The lowest BCUT2D eigenvalue weighted by Crippen LogP contribution is -1.82. The van der Waals surface area contributed by atoms with Gasteiger partial charge >= 0.3 is 0 Å². The van der Waals surface area contributed by atoms with Crippen molar-refractivity contribution in [3.63, 3.8) is 0 Å². The Morgan fingerprint density at radius 1 is 1.41 bits per heavy atom. The van der Waals surface area contributed by atoms with Crippen LogP contribution < -0.4 is 0 Å². The van der Waals surface area contributed by atoms with Gasteiger partial charge < -0.3 is 9.52 Å². The number of halogens is 2. The van der Waals surface area contributed by atoms with E-state index in [1.54, 1.807) is 12.1 Å². The standard InChI is InChI=1S/C12H9ClFNO2/c13-9-3-1-8(11(14)5-9)2-4-12-15-10(6-16)7-17-12/h1-5,7,16H,6H2/b4-2+. The highest BCUT2D eigenvalue weighted by Gasteiger charge is 2.01. The number of benzene rings is 1. The van der Waals surface area contributed by atoms with Crippen molar-refractivity contribution in [1.82, 2.24) is 4.98 Å². The second kappa shape index (κ2) is 5.12. The van der Waals surface area contributed by atoms with E-state index in [2.05, 4.69) is 4.98 Å². The van der Waals surface area contributed by atoms with Crippen LogP contribution in [0.5, 0.6) is 0 Å². The van der Waals surface area contributed by atoms with Gasteiger partial charge in [0.1, 0.15) is 17.8 Å². The van der Waals surface area contributed by atoms with E-state index in [9.17, 15) is 4.39 Å². The number of oxazole rings is 1. The summed E-state index contributed by atoms with van der Waals surface area (Å²) in [6.07, 6.45) is 4.39. The Morgan fingerprint density at radius 2 is 2.24 bits per heavy atom. The summed E-state index contributed by atoms with van der Waals surface area (Å²) in [6, 6.07) is 4.39. The minimum absolute atomic E-state index is 0.188. The predicted octanol–water partition coefficient (Wildman–Crippen LogP) is 3.13. The largest absolute Gasteiger partial charge is 0.445 e. The third-order valence-corrected chi connectivity index (χ3v) is 2.33. The van der Waals surface area contributed by atoms with Crippen LogP contribution in [0.15, 0.2) is 28.9 Å². The number of aromatic nitrogens is 1. The minimum atomic E-state index is -0.414. The van der Waals surface area contributed by atoms with E-state index in [1.807, 2.05) is 0 Å². The van der Waals surface area contributed by atoms with E-state index < -0.39 is 5.82 Å². The SMILES string of the molecule is OCc1coc(/C=C/c2ccc(Cl)cc2F)n1. The highest BCUT2D eigenvalue weighted by Crippen LogP contribution is 2.17. The lowest BCUT2D eigenvalue weighted by molar-refractivity contribution is 0.276. The van der Waals surface area contributed by atoms with Crippen molar-refractivity contribution in [2.24, 2.45) is 0 Å². The second-order valence-corrected chi connectivity index (χ2v) is 3.77. The number of hydrogen-bond donors (Lipinski definition) is 1. The molecule has 0 saturated carbocycles. The third kappa shape index (κ3) is 2.93. The first-order valence-electron chi connectivity index (χ1n) is 4.87. The van der Waals surface area contributed by atoms with Gasteiger partial charge in [-0.15, -0.1) is 0 Å². The van der Waals surface area contributed by atoms with Crippen LogP contribution in [0.25, 0.3) is 12.2 Å². The van der Waals surface area contributed by atoms with Gasteiger partial charge in [-0.25, -0.2) is 9.37 Å². The Morgan fingerprint density at radius 3 is 2.88 bits per heavy atom. The number of hydrogen-bond acceptors (Lipinski definition) is 3. The summed E-state index contributed by atoms with van der Waals surface area (Å²) in [5.74, 6) is -0.105. The Bertz CT molecular complexity index is 551. The van der Waals surface area contributed by atoms with Crippen LogP contribution in [-0.4, -0.2) is 10.1 Å². The Labute approximate surface area is 102 Å². The summed E-state index contributed by atoms with van der Waals surface area (Å²) in [5, 5.41) is 9.14. The fourth-order valence-corrected chi connectivity index (χ4v) is 1.43. The fraction of sp³-hybridized carbons (Fsp3) is 0.0833. The Hall–Kier alpha value is -1.65. The first kappa shape index (κ1) is 11.8. The molecule has 0 spiro atoms. The fourth-order valence-electron chi connectivity index (χ4n) is 1.27. The number of aliphatic hydroxyl groups excluding tert-OH is 1. The first-order valence-corrected chi connectivity index (χ1v) is 5.25. The number of rotatable bonds is 3. The zero-order valence-corrected chi connectivity index (χ0v) is 9.49. The maximum atomic E-state index is 13.4. The minimum Gasteiger partial charge on any atom is -0.445 e. The molecule has 0 aliphatic rings. The van der Waals surface area contributed by atoms with Gasteiger partial charge in [-0.1, -0.05) is 17.7 Å². The van der Waals surface area contributed by atoms with Crippen LogP contribution in [-0.2, 0) is 6.61 Å². The van der Waals surface area contributed by atoms with Crippen molar-refractivity contribution in [2.75, 3.05) is 0 Å². The average Bonchev–Trinajstić information content (AvgIpc) is 2.76. The van der Waals surface area contributed by atoms with Crippen LogP contribution in [0.3, 0.4) is 0 Å². The molecule has 0 saturated heterocycles. The summed E-state index contributed by atoms with van der Waals surface area (Å²) in [7, 11) is 0. The zero-order valence-electron chi connectivity index (χ0n) is 8.73. The predicted molar refractivity (Wildman–Crippen MR) is 62.8 cm³/mol. The molecular weight excluding hydrogens is 245 g/mol. The molecule has 0 unspecified atom stereocenters. The van der Waals surface area contributed by atoms with Gasteiger partial charge in [0.2, 0.25) is 5.89 Å². The molecule has 1 aromatic carbocycles. The first-order chi connectivity index (χ1) is 8.19. The van der Waals surface area contributed by atoms with Crippen LogP contribution in [0, 0.1) is 5.82 Å². The van der Waals surface area contributed by atoms with Gasteiger partial charge in [0.05, 0.1) is 6.61 Å². The van der Waals surface area contributed by atoms with E-state index in [0.717, 1.165) is 0 Å². The number of aliphatic hydroxyl groups is 1. The van der Waals surface area contributed by atoms with Crippen molar-refractivity contribution < 1.29 is 13.9 Å². The lowest BCUT2D eigenvalue weighted by Gasteiger charge is -1.96. The van der Waals surface area contributed by atoms with Gasteiger partial charge in [0.15, 0.2) is 0 Å². The van der Waals surface area contributed by atoms with Crippen LogP contribution in [0.1, 0.15) is 17.1 Å². The summed E-state index contributed by atoms with van der Waals surface area (Å²) < 4.78 is 18.4. The maximum absolute atomic E-state index is 13.4. The van der Waals surface area contributed by atoms with Gasteiger partial charge in [-0.3, -0.25) is 0 Å². The van der Waals surface area contributed by atoms with Crippen molar-refractivity contribution in [1.29, 1.82) is 0 Å². The molecule has 0 fully saturated rings. The van der Waals surface area contributed by atoms with Crippen LogP contribution in [0.4, 0.5) is 4.39 Å². The molecule has 17 heavy (non-hydrogen) atoms. The Balaban J connectivity index is 2.19. The van der Waals surface area contributed by atoms with Crippen molar-refractivity contribution >= 4 is 23.8 Å². The molecule has 0 atom stereocenters. The smallest absolute Gasteiger partial charge is 0.218 e. The molecule has 0 amide bonds. The summed E-state index contributed by atoms with van der Waals surface area (Å²) in [4.78, 5) is 3.94. The molecular formula is C12H9ClFNO2. The van der Waals surface area contributed by atoms with Gasteiger partial charge in [0.25, 0.3) is 0 Å². The van der Waals surface area contributed by atoms with Crippen LogP contribution >= 0.6 is 11.6 Å². The van der Waals surface area contributed by atoms with Gasteiger partial charge in [-0.2, -0.15) is 0 Å². The van der Waals surface area contributed by atoms with Crippen molar-refractivity contribution in [3.05, 3.63) is 52.5 Å². The molecule has 1 heterocycles. The lowest BCUT2D eigenvalue weighted by atomic mass is 10.2. The average molecular weight is 254 g/mol. The van der Waals surface area contributed by atoms with Crippen molar-refractivity contribution in [3.8, 4) is 0 Å². The molecule has 0 bridgehead atoms. The molecule has 3 nitrogen and oxygen atoms in total. The molecule has 1 N–H and O–H groups in total. The second-order valence-electron chi connectivity index (χ2n) is 3.33. The van der Waals surface area contributed by atoms with E-state index >= 15 is 0 Å². The number of nitrogens with zero attached hydrogens (tertiary/aromatic N) is 1. The quantitative estimate of drug-likeness (QED) is 0.914. The highest BCUT2D eigenvalue weighted by atomic mass is 35.5. The normalized spacial score (nSPS) is 11.2. The molecule has 1 aromatic heterocycles.